The van der Waals surface area contributed by atoms with Gasteiger partial charge >= 0.3 is 0 Å². The van der Waals surface area contributed by atoms with Gasteiger partial charge in [-0.2, -0.15) is 0 Å². The van der Waals surface area contributed by atoms with E-state index in [4.69, 9.17) is 4.98 Å². The number of fused-ring (bicyclic) bond motifs is 1. The average molecular weight is 333 g/mol. The van der Waals surface area contributed by atoms with Gasteiger partial charge in [0, 0.05) is 34.3 Å². The van der Waals surface area contributed by atoms with Gasteiger partial charge in [0.1, 0.15) is 0 Å². The number of halogens is 1. The lowest BCUT2D eigenvalue weighted by Gasteiger charge is -2.23. The van der Waals surface area contributed by atoms with E-state index in [0.717, 1.165) is 35.2 Å². The molecule has 0 aliphatic heterocycles. The van der Waals surface area contributed by atoms with E-state index in [9.17, 15) is 0 Å². The van der Waals surface area contributed by atoms with Gasteiger partial charge in [0.25, 0.3) is 0 Å². The predicted molar refractivity (Wildman–Crippen MR) is 82.4 cm³/mol. The summed E-state index contributed by atoms with van der Waals surface area (Å²) >= 11 is 3.43. The van der Waals surface area contributed by atoms with Gasteiger partial charge in [-0.1, -0.05) is 0 Å². The molecule has 5 heteroatoms. The highest BCUT2D eigenvalue weighted by Gasteiger charge is 2.20. The Morgan fingerprint density at radius 3 is 3.05 bits per heavy atom. The van der Waals surface area contributed by atoms with Crippen LogP contribution in [0.1, 0.15) is 17.7 Å². The molecule has 0 spiro atoms. The van der Waals surface area contributed by atoms with Crippen LogP contribution in [0.15, 0.2) is 29.1 Å². The second-order valence-corrected chi connectivity index (χ2v) is 6.14. The van der Waals surface area contributed by atoms with Crippen LogP contribution in [-0.4, -0.2) is 28.5 Å². The Morgan fingerprint density at radius 2 is 2.25 bits per heavy atom. The van der Waals surface area contributed by atoms with Crippen LogP contribution >= 0.6 is 15.9 Å². The molecule has 2 aromatic heterocycles. The van der Waals surface area contributed by atoms with Crippen LogP contribution in [0.4, 0.5) is 0 Å². The largest absolute Gasteiger partial charge is 0.319 e. The number of nitrogens with one attached hydrogen (secondary N) is 1. The van der Waals surface area contributed by atoms with Gasteiger partial charge < -0.3 is 5.32 Å². The fraction of sp³-hybridized carbons (Fsp3) is 0.400. The third kappa shape index (κ3) is 2.88. The summed E-state index contributed by atoms with van der Waals surface area (Å²) in [5.41, 5.74) is 3.45. The zero-order valence-electron chi connectivity index (χ0n) is 11.4. The highest BCUT2D eigenvalue weighted by atomic mass is 79.9. The van der Waals surface area contributed by atoms with Crippen molar-refractivity contribution in [2.24, 2.45) is 5.92 Å². The number of aromatic nitrogens is 3. The van der Waals surface area contributed by atoms with Crippen LogP contribution < -0.4 is 5.32 Å². The Bertz CT molecular complexity index is 615. The first-order chi connectivity index (χ1) is 9.76. The molecule has 1 atom stereocenters. The van der Waals surface area contributed by atoms with Crippen LogP contribution in [0.25, 0.3) is 11.4 Å². The van der Waals surface area contributed by atoms with Crippen LogP contribution in [0.3, 0.4) is 0 Å². The minimum Gasteiger partial charge on any atom is -0.319 e. The maximum absolute atomic E-state index is 4.73. The van der Waals surface area contributed by atoms with Gasteiger partial charge in [0.2, 0.25) is 0 Å². The van der Waals surface area contributed by atoms with Crippen LogP contribution in [0.5, 0.6) is 0 Å². The maximum Gasteiger partial charge on any atom is 0.160 e. The zero-order chi connectivity index (χ0) is 13.9. The average Bonchev–Trinajstić information content (AvgIpc) is 2.47. The Balaban J connectivity index is 1.87. The van der Waals surface area contributed by atoms with Crippen LogP contribution in [0, 0.1) is 5.92 Å². The summed E-state index contributed by atoms with van der Waals surface area (Å²) < 4.78 is 0.949. The van der Waals surface area contributed by atoms with Crippen molar-refractivity contribution in [1.82, 2.24) is 20.3 Å². The van der Waals surface area contributed by atoms with Crippen molar-refractivity contribution in [3.8, 4) is 11.4 Å². The molecule has 0 aromatic carbocycles. The number of hydrogen-bond donors (Lipinski definition) is 1. The monoisotopic (exact) mass is 332 g/mol. The summed E-state index contributed by atoms with van der Waals surface area (Å²) in [6.45, 7) is 1.07. The second kappa shape index (κ2) is 5.97. The summed E-state index contributed by atoms with van der Waals surface area (Å²) in [5, 5.41) is 3.26. The van der Waals surface area contributed by atoms with E-state index in [1.807, 2.05) is 19.3 Å². The van der Waals surface area contributed by atoms with E-state index in [1.54, 1.807) is 12.4 Å². The number of hydrogen-bond acceptors (Lipinski definition) is 4. The molecule has 0 bridgehead atoms. The lowest BCUT2D eigenvalue weighted by atomic mass is 9.87. The molecule has 1 N–H and O–H groups in total. The molecule has 2 aromatic rings. The van der Waals surface area contributed by atoms with Crippen molar-refractivity contribution in [3.05, 3.63) is 40.4 Å². The third-order valence-electron chi connectivity index (χ3n) is 3.71. The van der Waals surface area contributed by atoms with Crippen molar-refractivity contribution in [1.29, 1.82) is 0 Å². The van der Waals surface area contributed by atoms with Gasteiger partial charge in [0.15, 0.2) is 5.82 Å². The van der Waals surface area contributed by atoms with Gasteiger partial charge in [-0.25, -0.2) is 9.97 Å². The first kappa shape index (κ1) is 13.6. The first-order valence-electron chi connectivity index (χ1n) is 6.86. The van der Waals surface area contributed by atoms with Crippen molar-refractivity contribution in [2.45, 2.75) is 19.3 Å². The van der Waals surface area contributed by atoms with Gasteiger partial charge in [0.05, 0.1) is 0 Å². The minimum atomic E-state index is 0.703. The van der Waals surface area contributed by atoms with E-state index in [-0.39, 0.29) is 0 Å². The zero-order valence-corrected chi connectivity index (χ0v) is 13.0. The standard InChI is InChI=1S/C15H17BrN4/c1-17-6-10-2-3-14-11(4-10)8-19-15(20-14)12-5-13(16)9-18-7-12/h5,7-10,17H,2-4,6H2,1H3. The van der Waals surface area contributed by atoms with Crippen LogP contribution in [0.2, 0.25) is 0 Å². The molecule has 0 fully saturated rings. The van der Waals surface area contributed by atoms with E-state index in [2.05, 4.69) is 31.2 Å². The molecule has 1 aliphatic rings. The third-order valence-corrected chi connectivity index (χ3v) is 4.14. The fourth-order valence-corrected chi connectivity index (χ4v) is 3.08. The Kier molecular flexibility index (Phi) is 4.08. The maximum atomic E-state index is 4.73. The Hall–Kier alpha value is -1.33. The molecule has 3 rings (SSSR count). The summed E-state index contributed by atoms with van der Waals surface area (Å²) in [4.78, 5) is 13.4. The number of nitrogens with zero attached hydrogens (tertiary/aromatic N) is 3. The van der Waals surface area contributed by atoms with Gasteiger partial charge in [-0.3, -0.25) is 4.98 Å². The topological polar surface area (TPSA) is 50.7 Å². The number of pyridine rings is 1. The summed E-state index contributed by atoms with van der Waals surface area (Å²) in [5.74, 6) is 1.47. The smallest absolute Gasteiger partial charge is 0.160 e. The molecule has 1 aliphatic carbocycles. The van der Waals surface area contributed by atoms with Crippen molar-refractivity contribution in [3.63, 3.8) is 0 Å². The number of rotatable bonds is 3. The minimum absolute atomic E-state index is 0.703. The molecule has 20 heavy (non-hydrogen) atoms. The van der Waals surface area contributed by atoms with Crippen molar-refractivity contribution < 1.29 is 0 Å². The van der Waals surface area contributed by atoms with Crippen molar-refractivity contribution in [2.75, 3.05) is 13.6 Å². The highest BCUT2D eigenvalue weighted by molar-refractivity contribution is 9.10. The van der Waals surface area contributed by atoms with Crippen molar-refractivity contribution >= 4 is 15.9 Å². The van der Waals surface area contributed by atoms with E-state index in [0.29, 0.717) is 5.92 Å². The SMILES string of the molecule is CNCC1CCc2nc(-c3cncc(Br)c3)ncc2C1. The quantitative estimate of drug-likeness (QED) is 0.938. The molecule has 2 heterocycles. The summed E-state index contributed by atoms with van der Waals surface area (Å²) in [6, 6.07) is 2.00. The van der Waals surface area contributed by atoms with E-state index >= 15 is 0 Å². The predicted octanol–water partition coefficient (Wildman–Crippen LogP) is 2.63. The van der Waals surface area contributed by atoms with Gasteiger partial charge in [-0.15, -0.1) is 0 Å². The molecular formula is C15H17BrN4. The molecule has 0 saturated carbocycles. The fourth-order valence-electron chi connectivity index (χ4n) is 2.72. The molecular weight excluding hydrogens is 316 g/mol. The molecule has 0 amide bonds. The molecule has 0 radical (unpaired) electrons. The molecule has 4 nitrogen and oxygen atoms in total. The lowest BCUT2D eigenvalue weighted by molar-refractivity contribution is 0.434. The number of aryl methyl sites for hydroxylation is 1. The first-order valence-corrected chi connectivity index (χ1v) is 7.66. The molecule has 1 unspecified atom stereocenters. The molecule has 0 saturated heterocycles. The summed E-state index contributed by atoms with van der Waals surface area (Å²) in [6.07, 6.45) is 8.87. The van der Waals surface area contributed by atoms with Gasteiger partial charge in [-0.05, 0) is 66.3 Å². The van der Waals surface area contributed by atoms with Crippen LogP contribution in [-0.2, 0) is 12.8 Å². The van der Waals surface area contributed by atoms with E-state index in [1.165, 1.54) is 17.7 Å². The Morgan fingerprint density at radius 1 is 1.35 bits per heavy atom. The van der Waals surface area contributed by atoms with E-state index < -0.39 is 0 Å². The highest BCUT2D eigenvalue weighted by Crippen LogP contribution is 2.26. The summed E-state index contributed by atoms with van der Waals surface area (Å²) in [7, 11) is 2.01. The molecule has 104 valence electrons. The normalized spacial score (nSPS) is 17.8. The lowest BCUT2D eigenvalue weighted by Crippen LogP contribution is -2.25. The Labute approximate surface area is 127 Å². The second-order valence-electron chi connectivity index (χ2n) is 5.22.